The smallest absolute Gasteiger partial charge is 0.140 e. The molecule has 74 valence electrons. The topological polar surface area (TPSA) is 35.0 Å². The molecule has 1 aromatic heterocycles. The van der Waals surface area contributed by atoms with E-state index in [4.69, 9.17) is 4.74 Å². The Bertz CT molecular complexity index is 236. The first kappa shape index (κ1) is 11.9. The Balaban J connectivity index is 0.000000671. The van der Waals surface area contributed by atoms with Gasteiger partial charge in [-0.05, 0) is 5.92 Å². The lowest BCUT2D eigenvalue weighted by molar-refractivity contribution is 0.410. The summed E-state index contributed by atoms with van der Waals surface area (Å²) in [6.45, 7) is 8.15. The van der Waals surface area contributed by atoms with Gasteiger partial charge >= 0.3 is 0 Å². The third kappa shape index (κ3) is 3.87. The van der Waals surface area contributed by atoms with Crippen LogP contribution >= 0.6 is 0 Å². The predicted octanol–water partition coefficient (Wildman–Crippen LogP) is 2.63. The van der Waals surface area contributed by atoms with E-state index in [0.29, 0.717) is 5.92 Å². The fraction of sp³-hybridized carbons (Fsp3) is 0.600. The van der Waals surface area contributed by atoms with Gasteiger partial charge in [-0.1, -0.05) is 27.7 Å². The van der Waals surface area contributed by atoms with Crippen molar-refractivity contribution in [2.24, 2.45) is 0 Å². The monoisotopic (exact) mass is 182 g/mol. The summed E-state index contributed by atoms with van der Waals surface area (Å²) in [6, 6.07) is 1.90. The molecule has 3 heteroatoms. The van der Waals surface area contributed by atoms with Crippen LogP contribution in [0.5, 0.6) is 5.75 Å². The normalized spacial score (nSPS) is 9.08. The second-order valence-corrected chi connectivity index (χ2v) is 2.67. The average Bonchev–Trinajstić information content (AvgIpc) is 2.21. The lowest BCUT2D eigenvalue weighted by Crippen LogP contribution is -1.95. The van der Waals surface area contributed by atoms with Crippen LogP contribution in [0.1, 0.15) is 39.3 Å². The molecular weight excluding hydrogens is 164 g/mol. The zero-order valence-corrected chi connectivity index (χ0v) is 9.03. The van der Waals surface area contributed by atoms with Gasteiger partial charge in [0, 0.05) is 6.07 Å². The minimum Gasteiger partial charge on any atom is -0.495 e. The van der Waals surface area contributed by atoms with E-state index in [2.05, 4.69) is 24.0 Å². The number of hydrogen-bond donors (Lipinski definition) is 0. The second kappa shape index (κ2) is 6.40. The van der Waals surface area contributed by atoms with E-state index in [-0.39, 0.29) is 0 Å². The molecule has 0 aromatic carbocycles. The van der Waals surface area contributed by atoms with Crippen molar-refractivity contribution >= 4 is 0 Å². The number of methoxy groups -OCH3 is 1. The van der Waals surface area contributed by atoms with Crippen molar-refractivity contribution in [1.29, 1.82) is 0 Å². The maximum absolute atomic E-state index is 5.00. The molecular formula is C10H18N2O. The second-order valence-electron chi connectivity index (χ2n) is 2.67. The van der Waals surface area contributed by atoms with E-state index in [1.165, 1.54) is 0 Å². The minimum atomic E-state index is 0.401. The Morgan fingerprint density at radius 2 is 1.92 bits per heavy atom. The molecule has 0 fully saturated rings. The summed E-state index contributed by atoms with van der Waals surface area (Å²) < 4.78 is 5.00. The van der Waals surface area contributed by atoms with E-state index in [0.717, 1.165) is 11.4 Å². The molecule has 1 heterocycles. The van der Waals surface area contributed by atoms with Gasteiger partial charge in [0.05, 0.1) is 19.0 Å². The molecule has 0 saturated heterocycles. The van der Waals surface area contributed by atoms with Gasteiger partial charge in [0.2, 0.25) is 0 Å². The van der Waals surface area contributed by atoms with Crippen LogP contribution in [-0.4, -0.2) is 17.3 Å². The third-order valence-corrected chi connectivity index (χ3v) is 1.48. The molecule has 0 aliphatic heterocycles. The first-order chi connectivity index (χ1) is 6.24. The SMILES string of the molecule is CC.COc1cnnc(C(C)C)c1. The number of nitrogens with zero attached hydrogens (tertiary/aromatic N) is 2. The van der Waals surface area contributed by atoms with Crippen LogP contribution in [0.15, 0.2) is 12.3 Å². The van der Waals surface area contributed by atoms with Crippen LogP contribution in [0.2, 0.25) is 0 Å². The molecule has 0 bridgehead atoms. The van der Waals surface area contributed by atoms with Crippen molar-refractivity contribution in [2.45, 2.75) is 33.6 Å². The number of hydrogen-bond acceptors (Lipinski definition) is 3. The molecule has 0 aliphatic rings. The fourth-order valence-electron chi connectivity index (χ4n) is 0.758. The first-order valence-corrected chi connectivity index (χ1v) is 4.60. The standard InChI is InChI=1S/C8H12N2O.C2H6/c1-6(2)8-4-7(11-3)5-9-10-8;1-2/h4-6H,1-3H3;1-2H3. The van der Waals surface area contributed by atoms with E-state index < -0.39 is 0 Å². The van der Waals surface area contributed by atoms with Crippen LogP contribution in [0.3, 0.4) is 0 Å². The van der Waals surface area contributed by atoms with E-state index in [1.54, 1.807) is 13.3 Å². The summed E-state index contributed by atoms with van der Waals surface area (Å²) >= 11 is 0. The van der Waals surface area contributed by atoms with Gasteiger partial charge in [0.25, 0.3) is 0 Å². The van der Waals surface area contributed by atoms with Crippen molar-refractivity contribution in [3.05, 3.63) is 18.0 Å². The maximum atomic E-state index is 5.00. The maximum Gasteiger partial charge on any atom is 0.140 e. The molecule has 13 heavy (non-hydrogen) atoms. The zero-order valence-electron chi connectivity index (χ0n) is 9.03. The van der Waals surface area contributed by atoms with Gasteiger partial charge in [0.1, 0.15) is 5.75 Å². The van der Waals surface area contributed by atoms with Gasteiger partial charge in [0.15, 0.2) is 0 Å². The average molecular weight is 182 g/mol. The lowest BCUT2D eigenvalue weighted by atomic mass is 10.1. The molecule has 0 radical (unpaired) electrons. The summed E-state index contributed by atoms with van der Waals surface area (Å²) in [7, 11) is 1.63. The van der Waals surface area contributed by atoms with Crippen LogP contribution in [-0.2, 0) is 0 Å². The molecule has 0 unspecified atom stereocenters. The van der Waals surface area contributed by atoms with Gasteiger partial charge in [-0.15, -0.1) is 0 Å². The summed E-state index contributed by atoms with van der Waals surface area (Å²) in [5.74, 6) is 1.17. The summed E-state index contributed by atoms with van der Waals surface area (Å²) in [4.78, 5) is 0. The van der Waals surface area contributed by atoms with Crippen molar-refractivity contribution in [1.82, 2.24) is 10.2 Å². The zero-order chi connectivity index (χ0) is 10.3. The fourth-order valence-corrected chi connectivity index (χ4v) is 0.758. The quantitative estimate of drug-likeness (QED) is 0.705. The lowest BCUT2D eigenvalue weighted by Gasteiger charge is -2.03. The van der Waals surface area contributed by atoms with Gasteiger partial charge in [-0.25, -0.2) is 0 Å². The van der Waals surface area contributed by atoms with Crippen molar-refractivity contribution < 1.29 is 4.74 Å². The van der Waals surface area contributed by atoms with Crippen LogP contribution in [0.4, 0.5) is 0 Å². The van der Waals surface area contributed by atoms with E-state index >= 15 is 0 Å². The van der Waals surface area contributed by atoms with Crippen LogP contribution < -0.4 is 4.74 Å². The van der Waals surface area contributed by atoms with Crippen molar-refractivity contribution in [3.8, 4) is 5.75 Å². The number of rotatable bonds is 2. The van der Waals surface area contributed by atoms with Gasteiger partial charge in [-0.2, -0.15) is 10.2 Å². The van der Waals surface area contributed by atoms with Crippen molar-refractivity contribution in [2.75, 3.05) is 7.11 Å². The van der Waals surface area contributed by atoms with Crippen LogP contribution in [0.25, 0.3) is 0 Å². The molecule has 1 aromatic rings. The minimum absolute atomic E-state index is 0.401. The third-order valence-electron chi connectivity index (χ3n) is 1.48. The summed E-state index contributed by atoms with van der Waals surface area (Å²) in [5.41, 5.74) is 0.962. The van der Waals surface area contributed by atoms with E-state index in [1.807, 2.05) is 19.9 Å². The molecule has 3 nitrogen and oxygen atoms in total. The largest absolute Gasteiger partial charge is 0.495 e. The summed E-state index contributed by atoms with van der Waals surface area (Å²) in [6.07, 6.45) is 1.60. The summed E-state index contributed by atoms with van der Waals surface area (Å²) in [5, 5.41) is 7.76. The molecule has 0 saturated carbocycles. The molecule has 1 rings (SSSR count). The Morgan fingerprint density at radius 1 is 1.31 bits per heavy atom. The molecule has 0 spiro atoms. The highest BCUT2D eigenvalue weighted by molar-refractivity contribution is 5.20. The van der Waals surface area contributed by atoms with Gasteiger partial charge in [-0.3, -0.25) is 0 Å². The van der Waals surface area contributed by atoms with Crippen LogP contribution in [0, 0.1) is 0 Å². The Hall–Kier alpha value is -1.12. The van der Waals surface area contributed by atoms with Gasteiger partial charge < -0.3 is 4.74 Å². The highest BCUT2D eigenvalue weighted by atomic mass is 16.5. The molecule has 0 N–H and O–H groups in total. The Labute approximate surface area is 80.1 Å². The molecule has 0 amide bonds. The highest BCUT2D eigenvalue weighted by Crippen LogP contribution is 2.15. The predicted molar refractivity (Wildman–Crippen MR) is 54.0 cm³/mol. The van der Waals surface area contributed by atoms with Crippen molar-refractivity contribution in [3.63, 3.8) is 0 Å². The molecule has 0 atom stereocenters. The Kier molecular flexibility index (Phi) is 5.85. The Morgan fingerprint density at radius 3 is 2.38 bits per heavy atom. The molecule has 0 aliphatic carbocycles. The first-order valence-electron chi connectivity index (χ1n) is 4.60. The highest BCUT2D eigenvalue weighted by Gasteiger charge is 2.01. The number of ether oxygens (including phenoxy) is 1. The van der Waals surface area contributed by atoms with E-state index in [9.17, 15) is 0 Å². The number of aromatic nitrogens is 2.